The zero-order valence-corrected chi connectivity index (χ0v) is 14.7. The summed E-state index contributed by atoms with van der Waals surface area (Å²) >= 11 is 1.64. The van der Waals surface area contributed by atoms with Crippen LogP contribution in [0.2, 0.25) is 0 Å². The van der Waals surface area contributed by atoms with E-state index in [1.165, 1.54) is 18.2 Å². The summed E-state index contributed by atoms with van der Waals surface area (Å²) in [7, 11) is -3.91. The minimum atomic E-state index is -3.91. The van der Waals surface area contributed by atoms with Crippen LogP contribution in [0.4, 0.5) is 0 Å². The van der Waals surface area contributed by atoms with Crippen LogP contribution in [-0.4, -0.2) is 49.2 Å². The SMILES string of the molecule is CCSCC(C)NC(=O)c1cccc(OS(C)(=O)=O)c1C(=O)O. The van der Waals surface area contributed by atoms with Crippen molar-refractivity contribution in [2.24, 2.45) is 0 Å². The molecule has 0 bridgehead atoms. The molecule has 1 aromatic carbocycles. The third kappa shape index (κ3) is 6.11. The number of carboxylic acid groups (broad SMARTS) is 1. The maximum absolute atomic E-state index is 12.3. The van der Waals surface area contributed by atoms with Gasteiger partial charge in [-0.25, -0.2) is 4.79 Å². The van der Waals surface area contributed by atoms with Crippen molar-refractivity contribution in [3.8, 4) is 5.75 Å². The van der Waals surface area contributed by atoms with Gasteiger partial charge >= 0.3 is 16.1 Å². The number of carbonyl (C=O) groups is 2. The van der Waals surface area contributed by atoms with E-state index in [1.54, 1.807) is 18.7 Å². The Hall–Kier alpha value is -1.74. The highest BCUT2D eigenvalue weighted by atomic mass is 32.2. The molecule has 0 aliphatic rings. The molecule has 2 N–H and O–H groups in total. The van der Waals surface area contributed by atoms with Crippen molar-refractivity contribution in [3.63, 3.8) is 0 Å². The first kappa shape index (κ1) is 19.3. The third-order valence-corrected chi connectivity index (χ3v) is 4.30. The van der Waals surface area contributed by atoms with Crippen LogP contribution >= 0.6 is 11.8 Å². The average Bonchev–Trinajstić information content (AvgIpc) is 2.42. The second-order valence-electron chi connectivity index (χ2n) is 4.81. The predicted octanol–water partition coefficient (Wildman–Crippen LogP) is 1.59. The zero-order valence-electron chi connectivity index (χ0n) is 13.0. The van der Waals surface area contributed by atoms with Gasteiger partial charge in [0.1, 0.15) is 5.56 Å². The highest BCUT2D eigenvalue weighted by Gasteiger charge is 2.24. The fourth-order valence-corrected chi connectivity index (χ4v) is 2.95. The molecule has 0 radical (unpaired) electrons. The van der Waals surface area contributed by atoms with Crippen LogP contribution in [0.5, 0.6) is 5.75 Å². The molecule has 0 fully saturated rings. The first-order valence-corrected chi connectivity index (χ1v) is 9.77. The number of thioether (sulfide) groups is 1. The summed E-state index contributed by atoms with van der Waals surface area (Å²) in [6.07, 6.45) is 0.801. The lowest BCUT2D eigenvalue weighted by Gasteiger charge is -2.15. The first-order chi connectivity index (χ1) is 10.7. The average molecular weight is 361 g/mol. The molecule has 0 aromatic heterocycles. The monoisotopic (exact) mass is 361 g/mol. The van der Waals surface area contributed by atoms with Crippen LogP contribution in [0.25, 0.3) is 0 Å². The molecule has 9 heteroatoms. The van der Waals surface area contributed by atoms with E-state index < -0.39 is 27.6 Å². The summed E-state index contributed by atoms with van der Waals surface area (Å²) in [6, 6.07) is 3.71. The molecule has 7 nitrogen and oxygen atoms in total. The first-order valence-electron chi connectivity index (χ1n) is 6.80. The Balaban J connectivity index is 3.13. The van der Waals surface area contributed by atoms with Crippen LogP contribution < -0.4 is 9.50 Å². The minimum absolute atomic E-state index is 0.146. The van der Waals surface area contributed by atoms with Crippen molar-refractivity contribution >= 4 is 33.8 Å². The molecule has 1 atom stereocenters. The summed E-state index contributed by atoms with van der Waals surface area (Å²) in [4.78, 5) is 23.7. The van der Waals surface area contributed by atoms with Crippen LogP contribution in [0.3, 0.4) is 0 Å². The van der Waals surface area contributed by atoms with Crippen LogP contribution in [0.15, 0.2) is 18.2 Å². The van der Waals surface area contributed by atoms with E-state index in [4.69, 9.17) is 0 Å². The molecule has 0 heterocycles. The number of amides is 1. The highest BCUT2D eigenvalue weighted by Crippen LogP contribution is 2.24. The minimum Gasteiger partial charge on any atom is -0.478 e. The number of hydrogen-bond acceptors (Lipinski definition) is 6. The van der Waals surface area contributed by atoms with Crippen molar-refractivity contribution in [1.29, 1.82) is 0 Å². The van der Waals surface area contributed by atoms with Gasteiger partial charge in [0.05, 0.1) is 11.8 Å². The molecular formula is C14H19NO6S2. The molecule has 1 amide bonds. The number of aromatic carboxylic acids is 1. The molecule has 0 aliphatic heterocycles. The molecule has 0 saturated carbocycles. The number of hydrogen-bond donors (Lipinski definition) is 2. The van der Waals surface area contributed by atoms with Crippen LogP contribution in [0, 0.1) is 0 Å². The number of rotatable bonds is 8. The Labute approximate surface area is 139 Å². The Bertz CT molecular complexity index is 687. The number of nitrogens with one attached hydrogen (secondary N) is 1. The van der Waals surface area contributed by atoms with Gasteiger partial charge in [-0.3, -0.25) is 4.79 Å². The van der Waals surface area contributed by atoms with Gasteiger partial charge in [0, 0.05) is 11.8 Å². The largest absolute Gasteiger partial charge is 0.478 e. The van der Waals surface area contributed by atoms with Gasteiger partial charge in [0.15, 0.2) is 5.75 Å². The molecule has 1 rings (SSSR count). The molecule has 1 aromatic rings. The van der Waals surface area contributed by atoms with Crippen molar-refractivity contribution in [1.82, 2.24) is 5.32 Å². The van der Waals surface area contributed by atoms with Gasteiger partial charge in [0.25, 0.3) is 5.91 Å². The topological polar surface area (TPSA) is 110 Å². The normalized spacial score (nSPS) is 12.5. The second kappa shape index (κ2) is 8.21. The number of carbonyl (C=O) groups excluding carboxylic acids is 1. The maximum Gasteiger partial charge on any atom is 0.340 e. The Morgan fingerprint density at radius 1 is 1.39 bits per heavy atom. The Kier molecular flexibility index (Phi) is 6.89. The maximum atomic E-state index is 12.3. The van der Waals surface area contributed by atoms with E-state index in [2.05, 4.69) is 9.50 Å². The second-order valence-corrected chi connectivity index (χ2v) is 7.70. The molecule has 1 unspecified atom stereocenters. The summed E-state index contributed by atoms with van der Waals surface area (Å²) in [5.74, 6) is -0.832. The van der Waals surface area contributed by atoms with E-state index in [1.807, 2.05) is 6.92 Å². The van der Waals surface area contributed by atoms with Gasteiger partial charge in [-0.05, 0) is 24.8 Å². The molecule has 0 aliphatic carbocycles. The summed E-state index contributed by atoms with van der Waals surface area (Å²) in [5.41, 5.74) is -0.627. The van der Waals surface area contributed by atoms with Gasteiger partial charge < -0.3 is 14.6 Å². The van der Waals surface area contributed by atoms with E-state index in [9.17, 15) is 23.1 Å². The van der Waals surface area contributed by atoms with Crippen molar-refractivity contribution in [2.45, 2.75) is 19.9 Å². The van der Waals surface area contributed by atoms with Gasteiger partial charge in [-0.1, -0.05) is 13.0 Å². The summed E-state index contributed by atoms with van der Waals surface area (Å²) in [5, 5.41) is 12.0. The van der Waals surface area contributed by atoms with Crippen molar-refractivity contribution < 1.29 is 27.3 Å². The highest BCUT2D eigenvalue weighted by molar-refractivity contribution is 7.99. The molecule has 0 spiro atoms. The smallest absolute Gasteiger partial charge is 0.340 e. The van der Waals surface area contributed by atoms with E-state index >= 15 is 0 Å². The van der Waals surface area contributed by atoms with Gasteiger partial charge in [-0.15, -0.1) is 0 Å². The van der Waals surface area contributed by atoms with Crippen molar-refractivity contribution in [2.75, 3.05) is 17.8 Å². The fourth-order valence-electron chi connectivity index (χ4n) is 1.81. The predicted molar refractivity (Wildman–Crippen MR) is 88.8 cm³/mol. The molecule has 0 saturated heterocycles. The fraction of sp³-hybridized carbons (Fsp3) is 0.429. The van der Waals surface area contributed by atoms with Crippen molar-refractivity contribution in [3.05, 3.63) is 29.3 Å². The van der Waals surface area contributed by atoms with Gasteiger partial charge in [0.2, 0.25) is 0 Å². The molecule has 128 valence electrons. The number of benzene rings is 1. The van der Waals surface area contributed by atoms with E-state index in [0.29, 0.717) is 5.75 Å². The van der Waals surface area contributed by atoms with Crippen LogP contribution in [-0.2, 0) is 10.1 Å². The quantitative estimate of drug-likeness (QED) is 0.677. The standard InChI is InChI=1S/C14H19NO6S2/c1-4-22-8-9(2)15-13(16)10-6-5-7-11(12(10)14(17)18)21-23(3,19)20/h5-7,9H,4,8H2,1-3H3,(H,15,16)(H,17,18). The summed E-state index contributed by atoms with van der Waals surface area (Å²) < 4.78 is 27.1. The van der Waals surface area contributed by atoms with Gasteiger partial charge in [-0.2, -0.15) is 20.2 Å². The van der Waals surface area contributed by atoms with E-state index in [-0.39, 0.29) is 17.4 Å². The number of carboxylic acids is 1. The molecule has 23 heavy (non-hydrogen) atoms. The van der Waals surface area contributed by atoms with Crippen LogP contribution in [0.1, 0.15) is 34.6 Å². The lowest BCUT2D eigenvalue weighted by molar-refractivity contribution is 0.0688. The zero-order chi connectivity index (χ0) is 17.6. The summed E-state index contributed by atoms with van der Waals surface area (Å²) in [6.45, 7) is 3.80. The molecular weight excluding hydrogens is 342 g/mol. The lowest BCUT2D eigenvalue weighted by Crippen LogP contribution is -2.35. The lowest BCUT2D eigenvalue weighted by atomic mass is 10.1. The Morgan fingerprint density at radius 2 is 2.04 bits per heavy atom. The third-order valence-electron chi connectivity index (χ3n) is 2.68. The Morgan fingerprint density at radius 3 is 2.57 bits per heavy atom. The van der Waals surface area contributed by atoms with E-state index in [0.717, 1.165) is 12.0 Å².